The lowest BCUT2D eigenvalue weighted by atomic mass is 10.2. The van der Waals surface area contributed by atoms with Gasteiger partial charge in [-0.15, -0.1) is 0 Å². The number of hydrogen-bond acceptors (Lipinski definition) is 7. The smallest absolute Gasteiger partial charge is 0.256 e. The van der Waals surface area contributed by atoms with Gasteiger partial charge in [0.25, 0.3) is 5.91 Å². The molecule has 3 heterocycles. The van der Waals surface area contributed by atoms with E-state index in [0.29, 0.717) is 17.8 Å². The van der Waals surface area contributed by atoms with Crippen LogP contribution < -0.4 is 10.2 Å². The molecule has 2 atom stereocenters. The average Bonchev–Trinajstić information content (AvgIpc) is 3.19. The van der Waals surface area contributed by atoms with E-state index < -0.39 is 0 Å². The van der Waals surface area contributed by atoms with Gasteiger partial charge in [-0.05, 0) is 19.4 Å². The molecule has 3 rings (SSSR count). The van der Waals surface area contributed by atoms with Crippen LogP contribution in [0.2, 0.25) is 0 Å². The molecule has 0 spiro atoms. The van der Waals surface area contributed by atoms with Crippen molar-refractivity contribution in [1.82, 2.24) is 20.4 Å². The molecule has 0 bridgehead atoms. The van der Waals surface area contributed by atoms with E-state index >= 15 is 0 Å². The number of nitrogens with zero attached hydrogens (tertiary/aromatic N) is 4. The van der Waals surface area contributed by atoms with E-state index in [-0.39, 0.29) is 18.1 Å². The molecular formula is C15H19N5O3. The zero-order valence-corrected chi connectivity index (χ0v) is 13.1. The number of methoxy groups -OCH3 is 1. The van der Waals surface area contributed by atoms with Gasteiger partial charge in [0.1, 0.15) is 24.0 Å². The Morgan fingerprint density at radius 2 is 2.43 bits per heavy atom. The van der Waals surface area contributed by atoms with E-state index in [4.69, 9.17) is 9.26 Å². The lowest BCUT2D eigenvalue weighted by Gasteiger charge is -2.25. The van der Waals surface area contributed by atoms with E-state index in [1.165, 1.54) is 12.6 Å². The number of carbonyl (C=O) groups is 1. The highest BCUT2D eigenvalue weighted by atomic mass is 16.5. The summed E-state index contributed by atoms with van der Waals surface area (Å²) in [4.78, 5) is 22.6. The highest BCUT2D eigenvalue weighted by Gasteiger charge is 2.33. The van der Waals surface area contributed by atoms with Crippen LogP contribution in [0.4, 0.5) is 5.82 Å². The molecule has 0 radical (unpaired) electrons. The van der Waals surface area contributed by atoms with Gasteiger partial charge in [-0.3, -0.25) is 4.79 Å². The van der Waals surface area contributed by atoms with Gasteiger partial charge in [0, 0.05) is 26.4 Å². The van der Waals surface area contributed by atoms with Crippen LogP contribution in [0, 0.1) is 6.92 Å². The Labute approximate surface area is 133 Å². The Kier molecular flexibility index (Phi) is 4.52. The van der Waals surface area contributed by atoms with Crippen LogP contribution in [0.1, 0.15) is 22.5 Å². The van der Waals surface area contributed by atoms with E-state index in [1.807, 2.05) is 6.07 Å². The molecule has 8 heteroatoms. The lowest BCUT2D eigenvalue weighted by molar-refractivity contribution is 0.0945. The molecular weight excluding hydrogens is 298 g/mol. The molecule has 23 heavy (non-hydrogen) atoms. The number of aryl methyl sites for hydroxylation is 1. The van der Waals surface area contributed by atoms with Crippen LogP contribution in [0.3, 0.4) is 0 Å². The summed E-state index contributed by atoms with van der Waals surface area (Å²) in [6.07, 6.45) is 5.52. The third-order valence-electron chi connectivity index (χ3n) is 4.06. The van der Waals surface area contributed by atoms with Gasteiger partial charge in [-0.25, -0.2) is 9.97 Å². The summed E-state index contributed by atoms with van der Waals surface area (Å²) in [6, 6.07) is 1.97. The van der Waals surface area contributed by atoms with E-state index in [9.17, 15) is 4.79 Å². The highest BCUT2D eigenvalue weighted by Crippen LogP contribution is 2.24. The Bertz CT molecular complexity index is 660. The predicted molar refractivity (Wildman–Crippen MR) is 82.2 cm³/mol. The fourth-order valence-electron chi connectivity index (χ4n) is 2.79. The molecule has 1 fully saturated rings. The first-order valence-corrected chi connectivity index (χ1v) is 7.43. The first-order chi connectivity index (χ1) is 11.2. The van der Waals surface area contributed by atoms with Gasteiger partial charge in [0.15, 0.2) is 0 Å². The lowest BCUT2D eigenvalue weighted by Crippen LogP contribution is -2.40. The zero-order valence-electron chi connectivity index (χ0n) is 13.1. The second kappa shape index (κ2) is 6.74. The number of rotatable bonds is 5. The van der Waals surface area contributed by atoms with Crippen molar-refractivity contribution in [3.63, 3.8) is 0 Å². The maximum Gasteiger partial charge on any atom is 0.256 e. The fraction of sp³-hybridized carbons (Fsp3) is 0.467. The van der Waals surface area contributed by atoms with Crippen molar-refractivity contribution in [3.8, 4) is 0 Å². The zero-order chi connectivity index (χ0) is 16.2. The summed E-state index contributed by atoms with van der Waals surface area (Å²) < 4.78 is 10.3. The van der Waals surface area contributed by atoms with E-state index in [0.717, 1.165) is 18.8 Å². The van der Waals surface area contributed by atoms with Gasteiger partial charge >= 0.3 is 0 Å². The van der Waals surface area contributed by atoms with Crippen molar-refractivity contribution in [2.24, 2.45) is 0 Å². The molecule has 1 aliphatic heterocycles. The normalized spacial score (nSPS) is 20.7. The van der Waals surface area contributed by atoms with Crippen molar-refractivity contribution < 1.29 is 14.1 Å². The predicted octanol–water partition coefficient (Wildman–Crippen LogP) is 0.797. The molecule has 122 valence electrons. The number of hydrogen-bond donors (Lipinski definition) is 1. The molecule has 1 aliphatic rings. The number of ether oxygens (including phenoxy) is 1. The Balaban J connectivity index is 1.67. The maximum absolute atomic E-state index is 12.2. The number of amides is 1. The van der Waals surface area contributed by atoms with Crippen molar-refractivity contribution in [2.75, 3.05) is 25.1 Å². The van der Waals surface area contributed by atoms with Crippen LogP contribution in [0.15, 0.2) is 29.4 Å². The van der Waals surface area contributed by atoms with Gasteiger partial charge in [-0.1, -0.05) is 5.16 Å². The van der Waals surface area contributed by atoms with Crippen LogP contribution in [0.5, 0.6) is 0 Å². The second-order valence-electron chi connectivity index (χ2n) is 5.49. The minimum atomic E-state index is -0.188. The van der Waals surface area contributed by atoms with Crippen LogP contribution in [-0.4, -0.2) is 53.4 Å². The van der Waals surface area contributed by atoms with E-state index in [2.05, 4.69) is 25.3 Å². The summed E-state index contributed by atoms with van der Waals surface area (Å²) >= 11 is 0. The largest absolute Gasteiger partial charge is 0.380 e. The van der Waals surface area contributed by atoms with Gasteiger partial charge in [0.2, 0.25) is 0 Å². The third kappa shape index (κ3) is 3.31. The monoisotopic (exact) mass is 317 g/mol. The topological polar surface area (TPSA) is 93.4 Å². The van der Waals surface area contributed by atoms with E-state index in [1.54, 1.807) is 20.2 Å². The summed E-state index contributed by atoms with van der Waals surface area (Å²) in [7, 11) is 1.70. The van der Waals surface area contributed by atoms with Crippen molar-refractivity contribution in [2.45, 2.75) is 25.5 Å². The standard InChI is InChI=1S/C15H19N5O3/c1-10-13(8-23-19-10)15(21)17-6-11-5-12(22-2)7-20(11)14-3-4-16-9-18-14/h3-4,8-9,11-12H,5-7H2,1-2H3,(H,17,21)/t11-,12-/m1/s1. The fourth-order valence-corrected chi connectivity index (χ4v) is 2.79. The molecule has 8 nitrogen and oxygen atoms in total. The Hall–Kier alpha value is -2.48. The first kappa shape index (κ1) is 15.4. The number of nitrogens with one attached hydrogen (secondary N) is 1. The van der Waals surface area contributed by atoms with Crippen molar-refractivity contribution >= 4 is 11.7 Å². The van der Waals surface area contributed by atoms with Crippen molar-refractivity contribution in [3.05, 3.63) is 36.1 Å². The molecule has 0 saturated carbocycles. The van der Waals surface area contributed by atoms with Crippen LogP contribution >= 0.6 is 0 Å². The second-order valence-corrected chi connectivity index (χ2v) is 5.49. The molecule has 0 unspecified atom stereocenters. The SMILES string of the molecule is CO[C@@H]1C[C@H](CNC(=O)c2conc2C)N(c2ccncn2)C1. The third-order valence-corrected chi connectivity index (χ3v) is 4.06. The molecule has 2 aromatic rings. The van der Waals surface area contributed by atoms with Crippen LogP contribution in [0.25, 0.3) is 0 Å². The molecule has 0 aromatic carbocycles. The molecule has 2 aromatic heterocycles. The first-order valence-electron chi connectivity index (χ1n) is 7.43. The minimum Gasteiger partial charge on any atom is -0.380 e. The highest BCUT2D eigenvalue weighted by molar-refractivity contribution is 5.94. The molecule has 1 amide bonds. The molecule has 0 aliphatic carbocycles. The van der Waals surface area contributed by atoms with Gasteiger partial charge < -0.3 is 19.5 Å². The molecule has 1 saturated heterocycles. The summed E-state index contributed by atoms with van der Waals surface area (Å²) in [6.45, 7) is 2.97. The van der Waals surface area contributed by atoms with Gasteiger partial charge in [0.05, 0.1) is 17.8 Å². The Morgan fingerprint density at radius 1 is 1.57 bits per heavy atom. The summed E-state index contributed by atoms with van der Waals surface area (Å²) in [5.41, 5.74) is 1.04. The number of carbonyl (C=O) groups excluding carboxylic acids is 1. The minimum absolute atomic E-state index is 0.110. The average molecular weight is 317 g/mol. The van der Waals surface area contributed by atoms with Crippen molar-refractivity contribution in [1.29, 1.82) is 0 Å². The van der Waals surface area contributed by atoms with Gasteiger partial charge in [-0.2, -0.15) is 0 Å². The molecule has 1 N–H and O–H groups in total. The van der Waals surface area contributed by atoms with Crippen LogP contribution in [-0.2, 0) is 4.74 Å². The quantitative estimate of drug-likeness (QED) is 0.871. The number of anilines is 1. The maximum atomic E-state index is 12.2. The summed E-state index contributed by atoms with van der Waals surface area (Å²) in [5, 5.41) is 6.65. The summed E-state index contributed by atoms with van der Waals surface area (Å²) in [5.74, 6) is 0.646. The number of aromatic nitrogens is 3. The Morgan fingerprint density at radius 3 is 3.09 bits per heavy atom.